The van der Waals surface area contributed by atoms with Crippen molar-refractivity contribution >= 4 is 0 Å². The van der Waals surface area contributed by atoms with Gasteiger partial charge in [-0.1, -0.05) is 20.8 Å². The van der Waals surface area contributed by atoms with E-state index in [2.05, 4.69) is 52.4 Å². The maximum Gasteiger partial charge on any atom is 0.0239 e. The van der Waals surface area contributed by atoms with Crippen molar-refractivity contribution in [2.75, 3.05) is 6.54 Å². The van der Waals surface area contributed by atoms with Gasteiger partial charge >= 0.3 is 0 Å². The zero-order chi connectivity index (χ0) is 9.12. The Morgan fingerprint density at radius 3 is 1.64 bits per heavy atom. The summed E-state index contributed by atoms with van der Waals surface area (Å²) in [6.07, 6.45) is 0. The van der Waals surface area contributed by atoms with E-state index in [1.54, 1.807) is 0 Å². The second-order valence-corrected chi connectivity index (χ2v) is 5.29. The summed E-state index contributed by atoms with van der Waals surface area (Å²) in [7, 11) is 0. The van der Waals surface area contributed by atoms with Gasteiger partial charge in [0.05, 0.1) is 0 Å². The van der Waals surface area contributed by atoms with E-state index < -0.39 is 0 Å². The molecule has 0 bridgehead atoms. The molecule has 0 radical (unpaired) electrons. The van der Waals surface area contributed by atoms with Gasteiger partial charge in [0, 0.05) is 12.1 Å². The van der Waals surface area contributed by atoms with Crippen molar-refractivity contribution in [1.29, 1.82) is 0 Å². The SMILES string of the molecule is CC(C)(C)CNNC(C)(C)C. The molecule has 2 heteroatoms. The monoisotopic (exact) mass is 158 g/mol. The van der Waals surface area contributed by atoms with Crippen LogP contribution in [-0.2, 0) is 0 Å². The van der Waals surface area contributed by atoms with Crippen LogP contribution in [0, 0.1) is 5.41 Å². The molecule has 0 aromatic rings. The molecule has 0 unspecified atom stereocenters. The fourth-order valence-corrected chi connectivity index (χ4v) is 0.575. The average molecular weight is 158 g/mol. The van der Waals surface area contributed by atoms with Crippen LogP contribution in [0.2, 0.25) is 0 Å². The highest BCUT2D eigenvalue weighted by Crippen LogP contribution is 2.09. The summed E-state index contributed by atoms with van der Waals surface area (Å²) in [4.78, 5) is 0. The van der Waals surface area contributed by atoms with E-state index in [1.807, 2.05) is 0 Å². The summed E-state index contributed by atoms with van der Waals surface area (Å²) < 4.78 is 0. The first-order valence-electron chi connectivity index (χ1n) is 4.21. The summed E-state index contributed by atoms with van der Waals surface area (Å²) >= 11 is 0. The van der Waals surface area contributed by atoms with Crippen LogP contribution >= 0.6 is 0 Å². The Morgan fingerprint density at radius 2 is 1.36 bits per heavy atom. The van der Waals surface area contributed by atoms with Crippen molar-refractivity contribution in [2.45, 2.75) is 47.1 Å². The van der Waals surface area contributed by atoms with Gasteiger partial charge in [-0.3, -0.25) is 10.9 Å². The Hall–Kier alpha value is -0.0800. The van der Waals surface area contributed by atoms with Crippen molar-refractivity contribution in [3.63, 3.8) is 0 Å². The normalized spacial score (nSPS) is 13.6. The highest BCUT2D eigenvalue weighted by atomic mass is 15.4. The van der Waals surface area contributed by atoms with E-state index in [0.29, 0.717) is 5.41 Å². The van der Waals surface area contributed by atoms with Crippen molar-refractivity contribution in [2.24, 2.45) is 5.41 Å². The summed E-state index contributed by atoms with van der Waals surface area (Å²) in [5.41, 5.74) is 6.95. The quantitative estimate of drug-likeness (QED) is 0.600. The average Bonchev–Trinajstić information content (AvgIpc) is 1.55. The van der Waals surface area contributed by atoms with Crippen molar-refractivity contribution in [3.05, 3.63) is 0 Å². The van der Waals surface area contributed by atoms with Crippen LogP contribution in [-0.4, -0.2) is 12.1 Å². The van der Waals surface area contributed by atoms with Crippen LogP contribution < -0.4 is 10.9 Å². The lowest BCUT2D eigenvalue weighted by Gasteiger charge is -2.25. The van der Waals surface area contributed by atoms with E-state index in [0.717, 1.165) is 6.54 Å². The topological polar surface area (TPSA) is 24.1 Å². The second-order valence-electron chi connectivity index (χ2n) is 5.29. The number of hydrazine groups is 1. The molecule has 0 saturated carbocycles. The van der Waals surface area contributed by atoms with Crippen molar-refractivity contribution < 1.29 is 0 Å². The standard InChI is InChI=1S/C9H22N2/c1-8(2,3)7-10-11-9(4,5)6/h10-11H,7H2,1-6H3. The smallest absolute Gasteiger partial charge is 0.0239 e. The minimum Gasteiger partial charge on any atom is -0.257 e. The van der Waals surface area contributed by atoms with Gasteiger partial charge < -0.3 is 0 Å². The van der Waals surface area contributed by atoms with E-state index in [1.165, 1.54) is 0 Å². The van der Waals surface area contributed by atoms with Gasteiger partial charge in [-0.05, 0) is 26.2 Å². The lowest BCUT2D eigenvalue weighted by molar-refractivity contribution is 0.292. The molecule has 2 N–H and O–H groups in total. The molecule has 0 aromatic carbocycles. The predicted octanol–water partition coefficient (Wildman–Crippen LogP) is 1.93. The van der Waals surface area contributed by atoms with Crippen LogP contribution in [0.5, 0.6) is 0 Å². The van der Waals surface area contributed by atoms with Crippen LogP contribution in [0.15, 0.2) is 0 Å². The van der Waals surface area contributed by atoms with E-state index in [-0.39, 0.29) is 5.54 Å². The Bertz CT molecular complexity index is 91.7. The van der Waals surface area contributed by atoms with Crippen LogP contribution in [0.25, 0.3) is 0 Å². The summed E-state index contributed by atoms with van der Waals surface area (Å²) in [6.45, 7) is 14.1. The van der Waals surface area contributed by atoms with Gasteiger partial charge in [-0.2, -0.15) is 0 Å². The fraction of sp³-hybridized carbons (Fsp3) is 1.00. The third-order valence-electron chi connectivity index (χ3n) is 1.08. The van der Waals surface area contributed by atoms with Crippen LogP contribution in [0.1, 0.15) is 41.5 Å². The Kier molecular flexibility index (Phi) is 3.52. The molecule has 2 nitrogen and oxygen atoms in total. The third-order valence-corrected chi connectivity index (χ3v) is 1.08. The summed E-state index contributed by atoms with van der Waals surface area (Å²) in [5, 5.41) is 0. The first-order chi connectivity index (χ1) is 4.71. The van der Waals surface area contributed by atoms with Crippen molar-refractivity contribution in [3.8, 4) is 0 Å². The first-order valence-corrected chi connectivity index (χ1v) is 4.21. The Morgan fingerprint density at radius 1 is 0.909 bits per heavy atom. The molecule has 0 spiro atoms. The maximum absolute atomic E-state index is 3.23. The molecule has 0 saturated heterocycles. The number of hydrogen-bond acceptors (Lipinski definition) is 2. The van der Waals surface area contributed by atoms with Gasteiger partial charge in [0.15, 0.2) is 0 Å². The van der Waals surface area contributed by atoms with E-state index >= 15 is 0 Å². The Balaban J connectivity index is 3.44. The molecule has 0 aliphatic carbocycles. The molecular formula is C9H22N2. The summed E-state index contributed by atoms with van der Waals surface area (Å²) in [6, 6.07) is 0. The third kappa shape index (κ3) is 9.92. The zero-order valence-corrected chi connectivity index (χ0v) is 8.71. The fourth-order valence-electron chi connectivity index (χ4n) is 0.575. The lowest BCUT2D eigenvalue weighted by atomic mass is 9.97. The van der Waals surface area contributed by atoms with Crippen molar-refractivity contribution in [1.82, 2.24) is 10.9 Å². The zero-order valence-electron chi connectivity index (χ0n) is 8.71. The molecule has 0 fully saturated rings. The molecule has 11 heavy (non-hydrogen) atoms. The highest BCUT2D eigenvalue weighted by molar-refractivity contribution is 4.69. The maximum atomic E-state index is 3.23. The molecule has 0 rings (SSSR count). The second kappa shape index (κ2) is 3.55. The minimum atomic E-state index is 0.158. The highest BCUT2D eigenvalue weighted by Gasteiger charge is 2.12. The van der Waals surface area contributed by atoms with Gasteiger partial charge in [0.25, 0.3) is 0 Å². The molecule has 0 aromatic heterocycles. The molecule has 0 aliphatic heterocycles. The minimum absolute atomic E-state index is 0.158. The van der Waals surface area contributed by atoms with Crippen LogP contribution in [0.3, 0.4) is 0 Å². The molecule has 68 valence electrons. The van der Waals surface area contributed by atoms with E-state index in [4.69, 9.17) is 0 Å². The largest absolute Gasteiger partial charge is 0.257 e. The van der Waals surface area contributed by atoms with Crippen LogP contribution in [0.4, 0.5) is 0 Å². The predicted molar refractivity (Wildman–Crippen MR) is 50.3 cm³/mol. The molecule has 0 atom stereocenters. The number of rotatable bonds is 2. The van der Waals surface area contributed by atoms with Gasteiger partial charge in [0.1, 0.15) is 0 Å². The summed E-state index contributed by atoms with van der Waals surface area (Å²) in [5.74, 6) is 0. The number of hydrogen-bond donors (Lipinski definition) is 2. The van der Waals surface area contributed by atoms with E-state index in [9.17, 15) is 0 Å². The van der Waals surface area contributed by atoms with Gasteiger partial charge in [-0.25, -0.2) is 0 Å². The molecule has 0 amide bonds. The molecule has 0 heterocycles. The first kappa shape index (κ1) is 10.9. The molecular weight excluding hydrogens is 136 g/mol. The van der Waals surface area contributed by atoms with Gasteiger partial charge in [-0.15, -0.1) is 0 Å². The number of nitrogens with one attached hydrogen (secondary N) is 2. The molecule has 0 aliphatic rings. The Labute approximate surface area is 70.7 Å². The lowest BCUT2D eigenvalue weighted by Crippen LogP contribution is -2.48. The van der Waals surface area contributed by atoms with Gasteiger partial charge in [0.2, 0.25) is 0 Å².